The van der Waals surface area contributed by atoms with Crippen LogP contribution in [0.1, 0.15) is 32.6 Å². The number of carbonyl (C=O) groups is 1. The summed E-state index contributed by atoms with van der Waals surface area (Å²) in [5.74, 6) is 4.80. The van der Waals surface area contributed by atoms with Crippen molar-refractivity contribution in [2.24, 2.45) is 5.84 Å². The lowest BCUT2D eigenvalue weighted by atomic mass is 10.2. The summed E-state index contributed by atoms with van der Waals surface area (Å²) < 4.78 is 5.24. The molecule has 0 aliphatic carbocycles. The van der Waals surface area contributed by atoms with Crippen molar-refractivity contribution in [2.45, 2.75) is 32.6 Å². The molecule has 0 aromatic heterocycles. The molecule has 0 aromatic rings. The highest BCUT2D eigenvalue weighted by atomic mass is 16.5. The molecule has 0 atom stereocenters. The zero-order valence-electron chi connectivity index (χ0n) is 7.64. The smallest absolute Gasteiger partial charge is 0.233 e. The van der Waals surface area contributed by atoms with Gasteiger partial charge in [-0.05, 0) is 19.3 Å². The van der Waals surface area contributed by atoms with Gasteiger partial charge in [-0.3, -0.25) is 10.2 Å². The summed E-state index contributed by atoms with van der Waals surface area (Å²) in [5.41, 5.74) is 2.09. The van der Waals surface area contributed by atoms with E-state index in [2.05, 4.69) is 12.3 Å². The van der Waals surface area contributed by atoms with Gasteiger partial charge >= 0.3 is 0 Å². The Balaban J connectivity index is 2.95. The van der Waals surface area contributed by atoms with Gasteiger partial charge in [-0.1, -0.05) is 6.92 Å². The third-order valence-electron chi connectivity index (χ3n) is 1.45. The van der Waals surface area contributed by atoms with E-state index in [0.29, 0.717) is 6.42 Å². The Morgan fingerprint density at radius 2 is 2.17 bits per heavy atom. The second-order valence-corrected chi connectivity index (χ2v) is 2.64. The third-order valence-corrected chi connectivity index (χ3v) is 1.45. The molecule has 0 spiro atoms. The molecule has 0 bridgehead atoms. The van der Waals surface area contributed by atoms with Crippen LogP contribution in [0.15, 0.2) is 0 Å². The summed E-state index contributed by atoms with van der Waals surface area (Å²) >= 11 is 0. The molecule has 4 nitrogen and oxygen atoms in total. The molecular weight excluding hydrogens is 156 g/mol. The number of carbonyl (C=O) groups excluding carboxylic acids is 1. The average molecular weight is 174 g/mol. The monoisotopic (exact) mass is 174 g/mol. The lowest BCUT2D eigenvalue weighted by molar-refractivity contribution is -0.121. The number of hydrazine groups is 1. The molecule has 72 valence electrons. The van der Waals surface area contributed by atoms with E-state index in [9.17, 15) is 4.79 Å². The standard InChI is InChI=1S/C8H18N2O2/c1-2-6-12-7-4-3-5-8(11)10-9/h2-7,9H2,1H3,(H,10,11). The minimum Gasteiger partial charge on any atom is -0.381 e. The van der Waals surface area contributed by atoms with Crippen LogP contribution in [0, 0.1) is 0 Å². The van der Waals surface area contributed by atoms with Crippen molar-refractivity contribution in [3.8, 4) is 0 Å². The second kappa shape index (κ2) is 8.49. The zero-order valence-corrected chi connectivity index (χ0v) is 7.64. The van der Waals surface area contributed by atoms with Gasteiger partial charge in [-0.25, -0.2) is 5.84 Å². The first kappa shape index (κ1) is 11.4. The fourth-order valence-corrected chi connectivity index (χ4v) is 0.808. The summed E-state index contributed by atoms with van der Waals surface area (Å²) in [6.07, 6.45) is 3.30. The molecule has 1 amide bonds. The molecule has 0 rings (SSSR count). The summed E-state index contributed by atoms with van der Waals surface area (Å²) in [6.45, 7) is 3.62. The molecule has 0 heterocycles. The Labute approximate surface area is 73.4 Å². The summed E-state index contributed by atoms with van der Waals surface area (Å²) in [7, 11) is 0. The minimum atomic E-state index is -0.106. The van der Waals surface area contributed by atoms with Gasteiger partial charge in [-0.2, -0.15) is 0 Å². The first-order valence-corrected chi connectivity index (χ1v) is 4.38. The highest BCUT2D eigenvalue weighted by Crippen LogP contribution is 1.95. The van der Waals surface area contributed by atoms with E-state index >= 15 is 0 Å². The van der Waals surface area contributed by atoms with Crippen molar-refractivity contribution in [1.29, 1.82) is 0 Å². The van der Waals surface area contributed by atoms with Crippen molar-refractivity contribution >= 4 is 5.91 Å². The first-order valence-electron chi connectivity index (χ1n) is 4.38. The SMILES string of the molecule is CCCOCCCCC(=O)NN. The number of ether oxygens (including phenoxy) is 1. The number of hydrogen-bond acceptors (Lipinski definition) is 3. The minimum absolute atomic E-state index is 0.106. The molecule has 4 heteroatoms. The number of nitrogens with two attached hydrogens (primary N) is 1. The predicted molar refractivity (Wildman–Crippen MR) is 47.3 cm³/mol. The van der Waals surface area contributed by atoms with Gasteiger partial charge in [0.1, 0.15) is 0 Å². The highest BCUT2D eigenvalue weighted by molar-refractivity contribution is 5.74. The van der Waals surface area contributed by atoms with Gasteiger partial charge < -0.3 is 4.74 Å². The number of nitrogens with one attached hydrogen (secondary N) is 1. The molecule has 0 fully saturated rings. The summed E-state index contributed by atoms with van der Waals surface area (Å²) in [5, 5.41) is 0. The molecule has 0 aliphatic rings. The quantitative estimate of drug-likeness (QED) is 0.257. The van der Waals surface area contributed by atoms with Crippen LogP contribution in [-0.2, 0) is 9.53 Å². The van der Waals surface area contributed by atoms with Gasteiger partial charge in [0.15, 0.2) is 0 Å². The van der Waals surface area contributed by atoms with Gasteiger partial charge in [-0.15, -0.1) is 0 Å². The summed E-state index contributed by atoms with van der Waals surface area (Å²) in [6, 6.07) is 0. The van der Waals surface area contributed by atoms with Crippen LogP contribution >= 0.6 is 0 Å². The van der Waals surface area contributed by atoms with Crippen molar-refractivity contribution < 1.29 is 9.53 Å². The fraction of sp³-hybridized carbons (Fsp3) is 0.875. The van der Waals surface area contributed by atoms with Crippen molar-refractivity contribution in [3.63, 3.8) is 0 Å². The van der Waals surface area contributed by atoms with Crippen LogP contribution in [0.3, 0.4) is 0 Å². The zero-order chi connectivity index (χ0) is 9.23. The van der Waals surface area contributed by atoms with E-state index < -0.39 is 0 Å². The highest BCUT2D eigenvalue weighted by Gasteiger charge is 1.96. The van der Waals surface area contributed by atoms with Gasteiger partial charge in [0, 0.05) is 19.6 Å². The Kier molecular flexibility index (Phi) is 8.05. The van der Waals surface area contributed by atoms with E-state index in [1.54, 1.807) is 0 Å². The molecule has 0 unspecified atom stereocenters. The number of amides is 1. The lowest BCUT2D eigenvalue weighted by Crippen LogP contribution is -2.29. The topological polar surface area (TPSA) is 64.3 Å². The van der Waals surface area contributed by atoms with Crippen LogP contribution in [0.5, 0.6) is 0 Å². The van der Waals surface area contributed by atoms with Crippen molar-refractivity contribution in [1.82, 2.24) is 5.43 Å². The van der Waals surface area contributed by atoms with E-state index in [-0.39, 0.29) is 5.91 Å². The van der Waals surface area contributed by atoms with Crippen LogP contribution in [0.4, 0.5) is 0 Å². The Morgan fingerprint density at radius 3 is 2.75 bits per heavy atom. The van der Waals surface area contributed by atoms with Crippen LogP contribution in [0.25, 0.3) is 0 Å². The maximum atomic E-state index is 10.6. The van der Waals surface area contributed by atoms with Crippen LogP contribution < -0.4 is 11.3 Å². The fourth-order valence-electron chi connectivity index (χ4n) is 0.808. The predicted octanol–water partition coefficient (Wildman–Crippen LogP) is 0.573. The summed E-state index contributed by atoms with van der Waals surface area (Å²) in [4.78, 5) is 10.6. The molecule has 0 aliphatic heterocycles. The average Bonchev–Trinajstić information content (AvgIpc) is 2.10. The molecule has 0 radical (unpaired) electrons. The molecule has 0 aromatic carbocycles. The van der Waals surface area contributed by atoms with Gasteiger partial charge in [0.2, 0.25) is 5.91 Å². The maximum Gasteiger partial charge on any atom is 0.233 e. The van der Waals surface area contributed by atoms with Crippen molar-refractivity contribution in [3.05, 3.63) is 0 Å². The largest absolute Gasteiger partial charge is 0.381 e. The molecule has 0 saturated heterocycles. The lowest BCUT2D eigenvalue weighted by Gasteiger charge is -2.01. The number of rotatable bonds is 7. The molecular formula is C8H18N2O2. The molecule has 0 saturated carbocycles. The number of unbranched alkanes of at least 4 members (excludes halogenated alkanes) is 1. The van der Waals surface area contributed by atoms with E-state index in [1.807, 2.05) is 0 Å². The van der Waals surface area contributed by atoms with Crippen LogP contribution in [-0.4, -0.2) is 19.1 Å². The third kappa shape index (κ3) is 7.50. The normalized spacial score (nSPS) is 9.83. The Morgan fingerprint density at radius 1 is 1.42 bits per heavy atom. The first-order chi connectivity index (χ1) is 5.81. The van der Waals surface area contributed by atoms with E-state index in [0.717, 1.165) is 32.5 Å². The second-order valence-electron chi connectivity index (χ2n) is 2.64. The Hall–Kier alpha value is -0.610. The van der Waals surface area contributed by atoms with Gasteiger partial charge in [0.05, 0.1) is 0 Å². The Bertz CT molecular complexity index is 118. The van der Waals surface area contributed by atoms with E-state index in [1.165, 1.54) is 0 Å². The van der Waals surface area contributed by atoms with Gasteiger partial charge in [0.25, 0.3) is 0 Å². The van der Waals surface area contributed by atoms with Crippen LogP contribution in [0.2, 0.25) is 0 Å². The van der Waals surface area contributed by atoms with Crippen molar-refractivity contribution in [2.75, 3.05) is 13.2 Å². The maximum absolute atomic E-state index is 10.6. The molecule has 3 N–H and O–H groups in total. The number of hydrogen-bond donors (Lipinski definition) is 2. The van der Waals surface area contributed by atoms with E-state index in [4.69, 9.17) is 10.6 Å². The molecule has 12 heavy (non-hydrogen) atoms.